The maximum Gasteiger partial charge on any atom is 0.143 e. The zero-order valence-electron chi connectivity index (χ0n) is 21.4. The lowest BCUT2D eigenvalue weighted by atomic mass is 9.84. The summed E-state index contributed by atoms with van der Waals surface area (Å²) in [6.45, 7) is 11.8. The van der Waals surface area contributed by atoms with Gasteiger partial charge in [-0.1, -0.05) is 87.9 Å². The number of unbranched alkanes of at least 4 members (excludes halogenated alkanes) is 1. The largest absolute Gasteiger partial charge is 0.347 e. The van der Waals surface area contributed by atoms with Gasteiger partial charge in [-0.15, -0.1) is 0 Å². The third-order valence-corrected chi connectivity index (χ3v) is 9.70. The van der Waals surface area contributed by atoms with Crippen molar-refractivity contribution in [3.63, 3.8) is 0 Å². The average molecular weight is 473 g/mol. The van der Waals surface area contributed by atoms with E-state index in [1.54, 1.807) is 0 Å². The van der Waals surface area contributed by atoms with Crippen LogP contribution in [0.1, 0.15) is 50.3 Å². The van der Waals surface area contributed by atoms with Gasteiger partial charge in [0.05, 0.1) is 12.3 Å². The van der Waals surface area contributed by atoms with Gasteiger partial charge in [0.25, 0.3) is 0 Å². The minimum absolute atomic E-state index is 0.142. The number of hydrogen-bond acceptors (Lipinski definition) is 3. The molecule has 178 valence electrons. The quantitative estimate of drug-likeness (QED) is 0.254. The van der Waals surface area contributed by atoms with Crippen LogP contribution in [-0.4, -0.2) is 13.7 Å². The summed E-state index contributed by atoms with van der Waals surface area (Å²) in [7, 11) is -0.351. The van der Waals surface area contributed by atoms with Crippen LogP contribution in [0.2, 0.25) is 0 Å². The molecule has 0 saturated heterocycles. The monoisotopic (exact) mass is 472 g/mol. The van der Waals surface area contributed by atoms with Gasteiger partial charge in [-0.25, -0.2) is 4.74 Å². The van der Waals surface area contributed by atoms with Gasteiger partial charge in [0.2, 0.25) is 0 Å². The Morgan fingerprint density at radius 1 is 0.941 bits per heavy atom. The molecule has 0 aliphatic carbocycles. The normalized spacial score (nSPS) is 17.5. The second-order valence-corrected chi connectivity index (χ2v) is 12.2. The van der Waals surface area contributed by atoms with Crippen LogP contribution in [0.25, 0.3) is 0 Å². The van der Waals surface area contributed by atoms with Crippen LogP contribution in [0.15, 0.2) is 89.1 Å². The summed E-state index contributed by atoms with van der Waals surface area (Å²) in [5.74, 6) is 2.37. The molecule has 3 aromatic carbocycles. The lowest BCUT2D eigenvalue weighted by Gasteiger charge is -2.29. The van der Waals surface area contributed by atoms with Gasteiger partial charge in [0, 0.05) is 35.0 Å². The molecule has 0 aromatic heterocycles. The maximum absolute atomic E-state index is 6.90. The van der Waals surface area contributed by atoms with E-state index < -0.39 is 7.28 Å². The van der Waals surface area contributed by atoms with Crippen LogP contribution in [-0.2, 0) is 9.94 Å². The summed E-state index contributed by atoms with van der Waals surface area (Å²) in [4.78, 5) is 2.33. The van der Waals surface area contributed by atoms with Crippen molar-refractivity contribution in [2.75, 3.05) is 18.6 Å². The topological polar surface area (TPSA) is 24.8 Å². The van der Waals surface area contributed by atoms with Crippen LogP contribution in [0.4, 0.5) is 11.4 Å². The van der Waals surface area contributed by atoms with Gasteiger partial charge in [-0.2, -0.15) is 0 Å². The number of para-hydroxylation sites is 1. The van der Waals surface area contributed by atoms with Gasteiger partial charge in [0.15, 0.2) is 0 Å². The Bertz CT molecular complexity index is 1240. The van der Waals surface area contributed by atoms with Crippen LogP contribution in [0.5, 0.6) is 0 Å². The fourth-order valence-electron chi connectivity index (χ4n) is 4.69. The van der Waals surface area contributed by atoms with E-state index in [0.717, 1.165) is 23.8 Å². The van der Waals surface area contributed by atoms with E-state index in [4.69, 9.17) is 9.27 Å². The number of fused-ring (bicyclic) bond motifs is 1. The van der Waals surface area contributed by atoms with E-state index in [2.05, 4.69) is 125 Å². The zero-order valence-corrected chi connectivity index (χ0v) is 22.3. The van der Waals surface area contributed by atoms with E-state index in [1.807, 2.05) is 0 Å². The van der Waals surface area contributed by atoms with Gasteiger partial charge >= 0.3 is 0 Å². The van der Waals surface area contributed by atoms with Crippen molar-refractivity contribution >= 4 is 24.0 Å². The molecule has 0 fully saturated rings. The number of aryl methyl sites for hydroxylation is 1. The second kappa shape index (κ2) is 9.94. The molecular formula is C30H37N2OP. The zero-order chi connectivity index (χ0) is 24.3. The predicted octanol–water partition coefficient (Wildman–Crippen LogP) is 8.46. The molecule has 1 heterocycles. The molecule has 1 unspecified atom stereocenters. The Labute approximate surface area is 205 Å². The van der Waals surface area contributed by atoms with Gasteiger partial charge in [0.1, 0.15) is 7.28 Å². The molecule has 1 aliphatic rings. The first-order valence-corrected chi connectivity index (χ1v) is 14.0. The molecular weight excluding hydrogens is 435 g/mol. The first kappa shape index (κ1) is 24.5. The molecule has 4 heteroatoms. The molecule has 4 rings (SSSR count). The number of anilines is 1. The molecule has 0 N–H and O–H groups in total. The highest BCUT2D eigenvalue weighted by atomic mass is 31.2. The average Bonchev–Trinajstić information content (AvgIpc) is 3.03. The summed E-state index contributed by atoms with van der Waals surface area (Å²) in [6.07, 6.45) is 2.10. The van der Waals surface area contributed by atoms with Crippen molar-refractivity contribution in [2.45, 2.75) is 52.9 Å². The Balaban J connectivity index is 2.01. The number of rotatable bonds is 7. The summed E-state index contributed by atoms with van der Waals surface area (Å²) in [6, 6.07) is 25.7. The number of allylic oxidation sites excluding steroid dienone is 1. The fourth-order valence-corrected chi connectivity index (χ4v) is 7.67. The SMILES string of the molecule is CCCCOP(/C=C1/N(C)c2ccccc2C1(C)C)(=Nc1cccc(C)c1C)c1ccccc1. The highest BCUT2D eigenvalue weighted by Crippen LogP contribution is 2.59. The molecule has 0 bridgehead atoms. The molecule has 0 spiro atoms. The van der Waals surface area contributed by atoms with Crippen molar-refractivity contribution < 1.29 is 4.52 Å². The molecule has 3 nitrogen and oxygen atoms in total. The van der Waals surface area contributed by atoms with Gasteiger partial charge in [-0.3, -0.25) is 0 Å². The maximum atomic E-state index is 6.90. The van der Waals surface area contributed by atoms with Crippen molar-refractivity contribution in [1.29, 1.82) is 0 Å². The van der Waals surface area contributed by atoms with Crippen molar-refractivity contribution in [2.24, 2.45) is 4.74 Å². The van der Waals surface area contributed by atoms with Crippen molar-refractivity contribution in [3.05, 3.63) is 101 Å². The van der Waals surface area contributed by atoms with E-state index in [0.29, 0.717) is 6.61 Å². The first-order valence-electron chi connectivity index (χ1n) is 12.2. The Morgan fingerprint density at radius 3 is 2.35 bits per heavy atom. The Morgan fingerprint density at radius 2 is 1.65 bits per heavy atom. The molecule has 34 heavy (non-hydrogen) atoms. The minimum Gasteiger partial charge on any atom is -0.347 e. The van der Waals surface area contributed by atoms with Crippen LogP contribution >= 0.6 is 7.28 Å². The van der Waals surface area contributed by atoms with E-state index in [-0.39, 0.29) is 5.41 Å². The van der Waals surface area contributed by atoms with Crippen LogP contribution < -0.4 is 10.2 Å². The van der Waals surface area contributed by atoms with Gasteiger partial charge < -0.3 is 9.42 Å². The first-order chi connectivity index (χ1) is 16.3. The molecule has 1 atom stereocenters. The third kappa shape index (κ3) is 4.52. The lowest BCUT2D eigenvalue weighted by molar-refractivity contribution is 0.344. The summed E-state index contributed by atoms with van der Waals surface area (Å²) in [5, 5.41) is 1.15. The summed E-state index contributed by atoms with van der Waals surface area (Å²) >= 11 is 0. The molecule has 3 aromatic rings. The lowest BCUT2D eigenvalue weighted by Crippen LogP contribution is -2.23. The smallest absolute Gasteiger partial charge is 0.143 e. The van der Waals surface area contributed by atoms with Crippen molar-refractivity contribution in [1.82, 2.24) is 0 Å². The third-order valence-electron chi connectivity index (χ3n) is 6.98. The Hall–Kier alpha value is -2.61. The van der Waals surface area contributed by atoms with E-state index in [1.165, 1.54) is 28.1 Å². The highest BCUT2D eigenvalue weighted by Gasteiger charge is 2.40. The number of hydrogen-bond donors (Lipinski definition) is 0. The highest BCUT2D eigenvalue weighted by molar-refractivity contribution is 7.72. The standard InChI is InChI=1S/C30H37N2OP/c1-7-8-21-33-34(25-16-10-9-11-17-25,31-27-19-14-15-23(2)24(27)3)22-29-30(4,5)26-18-12-13-20-28(26)32(29)6/h9-20,22H,7-8,21H2,1-6H3/b29-22+. The van der Waals surface area contributed by atoms with Crippen LogP contribution in [0, 0.1) is 13.8 Å². The second-order valence-electron chi connectivity index (χ2n) is 9.68. The summed E-state index contributed by atoms with van der Waals surface area (Å²) < 4.78 is 12.4. The molecule has 0 amide bonds. The summed E-state index contributed by atoms with van der Waals surface area (Å²) in [5.41, 5.74) is 7.18. The van der Waals surface area contributed by atoms with E-state index >= 15 is 0 Å². The predicted molar refractivity (Wildman–Crippen MR) is 148 cm³/mol. The number of nitrogens with zero attached hydrogens (tertiary/aromatic N) is 2. The van der Waals surface area contributed by atoms with Gasteiger partial charge in [-0.05, 0) is 49.1 Å². The van der Waals surface area contributed by atoms with E-state index in [9.17, 15) is 0 Å². The number of benzene rings is 3. The minimum atomic E-state index is -2.52. The molecule has 0 saturated carbocycles. The molecule has 0 radical (unpaired) electrons. The number of likely N-dealkylation sites (N-methyl/N-ethyl adjacent to an activating group) is 1. The van der Waals surface area contributed by atoms with Crippen molar-refractivity contribution in [3.8, 4) is 0 Å². The fraction of sp³-hybridized carbons (Fsp3) is 0.333. The Kier molecular flexibility index (Phi) is 7.17. The molecule has 1 aliphatic heterocycles. The van der Waals surface area contributed by atoms with Crippen LogP contribution in [0.3, 0.4) is 0 Å².